The molecule has 0 amide bonds. The van der Waals surface area contributed by atoms with Crippen molar-refractivity contribution in [1.82, 2.24) is 29.3 Å². The summed E-state index contributed by atoms with van der Waals surface area (Å²) in [5.41, 5.74) is 5.57. The zero-order chi connectivity index (χ0) is 26.3. The van der Waals surface area contributed by atoms with E-state index in [9.17, 15) is 9.59 Å². The Labute approximate surface area is 217 Å². The molecule has 37 heavy (non-hydrogen) atoms. The number of aromatic nitrogens is 6. The monoisotopic (exact) mass is 516 g/mol. The number of aromatic amines is 1. The minimum absolute atomic E-state index is 0.119. The quantitative estimate of drug-likeness (QED) is 0.364. The molecule has 5 rings (SSSR count). The van der Waals surface area contributed by atoms with Crippen LogP contribution in [0, 0.1) is 20.8 Å². The number of hydrogen-bond acceptors (Lipinski definition) is 6. The van der Waals surface area contributed by atoms with Crippen molar-refractivity contribution in [2.75, 3.05) is 0 Å². The number of aryl methyl sites for hydroxylation is 3. The SMILES string of the molecule is Cc1cc(Cl)c(COc2cccc3c(-c4n[nH]cc4C)cc(C)nc23)c(Cn2ccc(=O)n(C)c2=O)n1. The van der Waals surface area contributed by atoms with E-state index in [0.29, 0.717) is 33.2 Å². The van der Waals surface area contributed by atoms with Crippen LogP contribution in [0.2, 0.25) is 5.02 Å². The van der Waals surface area contributed by atoms with Gasteiger partial charge in [-0.25, -0.2) is 9.78 Å². The fourth-order valence-electron chi connectivity index (χ4n) is 4.34. The number of para-hydroxylation sites is 1. The van der Waals surface area contributed by atoms with Crippen LogP contribution in [-0.4, -0.2) is 29.3 Å². The van der Waals surface area contributed by atoms with Crippen LogP contribution in [0.1, 0.15) is 28.2 Å². The van der Waals surface area contributed by atoms with Gasteiger partial charge in [-0.05, 0) is 44.5 Å². The standard InChI is InChI=1S/C27H25ClN6O3/c1-15-12-29-32-25(15)19-10-16(2)31-26-18(19)6-5-7-23(26)37-14-20-21(28)11-17(3)30-22(20)13-34-9-8-24(35)33(4)27(34)36/h5-12H,13-14H2,1-4H3,(H,29,32). The van der Waals surface area contributed by atoms with Gasteiger partial charge < -0.3 is 4.74 Å². The third kappa shape index (κ3) is 4.65. The van der Waals surface area contributed by atoms with Crippen molar-refractivity contribution in [3.8, 4) is 17.0 Å². The lowest BCUT2D eigenvalue weighted by Crippen LogP contribution is -2.37. The summed E-state index contributed by atoms with van der Waals surface area (Å²) in [6.07, 6.45) is 3.32. The second kappa shape index (κ2) is 9.67. The predicted molar refractivity (Wildman–Crippen MR) is 142 cm³/mol. The lowest BCUT2D eigenvalue weighted by Gasteiger charge is -2.16. The number of benzene rings is 1. The number of rotatable bonds is 6. The predicted octanol–water partition coefficient (Wildman–Crippen LogP) is 4.09. The number of H-pyrrole nitrogens is 1. The average Bonchev–Trinajstić information content (AvgIpc) is 3.29. The van der Waals surface area contributed by atoms with E-state index in [0.717, 1.165) is 32.5 Å². The number of nitrogens with zero attached hydrogens (tertiary/aromatic N) is 5. The molecule has 188 valence electrons. The van der Waals surface area contributed by atoms with Crippen LogP contribution in [0.15, 0.2) is 58.4 Å². The molecular weight excluding hydrogens is 492 g/mol. The highest BCUT2D eigenvalue weighted by Gasteiger charge is 2.17. The first kappa shape index (κ1) is 24.5. The van der Waals surface area contributed by atoms with Gasteiger partial charge in [-0.2, -0.15) is 5.10 Å². The van der Waals surface area contributed by atoms with Gasteiger partial charge in [0.05, 0.1) is 23.0 Å². The molecule has 10 heteroatoms. The summed E-state index contributed by atoms with van der Waals surface area (Å²) in [6.45, 7) is 6.03. The van der Waals surface area contributed by atoms with Crippen LogP contribution in [0.4, 0.5) is 0 Å². The van der Waals surface area contributed by atoms with Crippen molar-refractivity contribution in [2.45, 2.75) is 33.9 Å². The molecule has 0 unspecified atom stereocenters. The summed E-state index contributed by atoms with van der Waals surface area (Å²) in [5.74, 6) is 0.595. The summed E-state index contributed by atoms with van der Waals surface area (Å²) in [7, 11) is 1.44. The molecule has 0 saturated carbocycles. The van der Waals surface area contributed by atoms with Crippen LogP contribution in [0.5, 0.6) is 5.75 Å². The van der Waals surface area contributed by atoms with E-state index < -0.39 is 5.69 Å². The second-order valence-electron chi connectivity index (χ2n) is 8.96. The molecular formula is C27H25ClN6O3. The van der Waals surface area contributed by atoms with E-state index in [-0.39, 0.29) is 18.7 Å². The molecule has 0 fully saturated rings. The topological polar surface area (TPSA) is 108 Å². The molecule has 0 saturated heterocycles. The van der Waals surface area contributed by atoms with E-state index in [1.165, 1.54) is 23.9 Å². The minimum atomic E-state index is -0.436. The summed E-state index contributed by atoms with van der Waals surface area (Å²) < 4.78 is 8.75. The van der Waals surface area contributed by atoms with Gasteiger partial charge in [0.25, 0.3) is 5.56 Å². The van der Waals surface area contributed by atoms with E-state index >= 15 is 0 Å². The summed E-state index contributed by atoms with van der Waals surface area (Å²) in [6, 6.07) is 10.9. The molecule has 1 N–H and O–H groups in total. The summed E-state index contributed by atoms with van der Waals surface area (Å²) in [4.78, 5) is 33.8. The first-order valence-corrected chi connectivity index (χ1v) is 12.1. The highest BCUT2D eigenvalue weighted by Crippen LogP contribution is 2.34. The fourth-order valence-corrected chi connectivity index (χ4v) is 4.66. The van der Waals surface area contributed by atoms with Crippen molar-refractivity contribution in [3.63, 3.8) is 0 Å². The first-order chi connectivity index (χ1) is 17.7. The lowest BCUT2D eigenvalue weighted by atomic mass is 10.0. The number of ether oxygens (including phenoxy) is 1. The van der Waals surface area contributed by atoms with Crippen LogP contribution >= 0.6 is 11.6 Å². The molecule has 0 aliphatic heterocycles. The average molecular weight is 517 g/mol. The van der Waals surface area contributed by atoms with Gasteiger partial charge in [0.2, 0.25) is 0 Å². The molecule has 4 heterocycles. The molecule has 4 aromatic heterocycles. The van der Waals surface area contributed by atoms with Gasteiger partial charge in [-0.1, -0.05) is 23.7 Å². The Morgan fingerprint density at radius 1 is 1.05 bits per heavy atom. The first-order valence-electron chi connectivity index (χ1n) is 11.7. The largest absolute Gasteiger partial charge is 0.486 e. The number of nitrogens with one attached hydrogen (secondary N) is 1. The third-order valence-corrected chi connectivity index (χ3v) is 6.59. The third-order valence-electron chi connectivity index (χ3n) is 6.25. The highest BCUT2D eigenvalue weighted by molar-refractivity contribution is 6.31. The normalized spacial score (nSPS) is 11.3. The van der Waals surface area contributed by atoms with Gasteiger partial charge in [-0.3, -0.25) is 24.0 Å². The summed E-state index contributed by atoms with van der Waals surface area (Å²) >= 11 is 6.63. The van der Waals surface area contributed by atoms with Crippen LogP contribution in [0.3, 0.4) is 0 Å². The van der Waals surface area contributed by atoms with Gasteiger partial charge in [-0.15, -0.1) is 0 Å². The van der Waals surface area contributed by atoms with E-state index in [1.54, 1.807) is 6.07 Å². The second-order valence-corrected chi connectivity index (χ2v) is 9.37. The van der Waals surface area contributed by atoms with Crippen molar-refractivity contribution in [1.29, 1.82) is 0 Å². The van der Waals surface area contributed by atoms with E-state index in [1.807, 2.05) is 51.2 Å². The van der Waals surface area contributed by atoms with Crippen LogP contribution in [-0.2, 0) is 20.2 Å². The Morgan fingerprint density at radius 2 is 1.84 bits per heavy atom. The van der Waals surface area contributed by atoms with Crippen molar-refractivity contribution >= 4 is 22.5 Å². The molecule has 5 aromatic rings. The molecule has 0 atom stereocenters. The maximum atomic E-state index is 12.6. The Kier molecular flexibility index (Phi) is 6.39. The van der Waals surface area contributed by atoms with Crippen LogP contribution < -0.4 is 16.0 Å². The number of hydrogen-bond donors (Lipinski definition) is 1. The van der Waals surface area contributed by atoms with Gasteiger partial charge in [0, 0.05) is 53.4 Å². The number of fused-ring (bicyclic) bond motifs is 1. The molecule has 0 radical (unpaired) electrons. The summed E-state index contributed by atoms with van der Waals surface area (Å²) in [5, 5.41) is 8.75. The smallest absolute Gasteiger partial charge is 0.331 e. The maximum Gasteiger partial charge on any atom is 0.331 e. The Bertz CT molecular complexity index is 1770. The minimum Gasteiger partial charge on any atom is -0.486 e. The van der Waals surface area contributed by atoms with Crippen molar-refractivity contribution < 1.29 is 4.74 Å². The lowest BCUT2D eigenvalue weighted by molar-refractivity contribution is 0.307. The van der Waals surface area contributed by atoms with Gasteiger partial charge in [0.1, 0.15) is 17.9 Å². The molecule has 1 aromatic carbocycles. The number of halogens is 1. The van der Waals surface area contributed by atoms with Crippen molar-refractivity contribution in [2.24, 2.45) is 7.05 Å². The molecule has 9 nitrogen and oxygen atoms in total. The zero-order valence-electron chi connectivity index (χ0n) is 20.9. The van der Waals surface area contributed by atoms with Gasteiger partial charge in [0.15, 0.2) is 0 Å². The molecule has 0 aliphatic rings. The highest BCUT2D eigenvalue weighted by atomic mass is 35.5. The maximum absolute atomic E-state index is 12.6. The fraction of sp³-hybridized carbons (Fsp3) is 0.222. The Morgan fingerprint density at radius 3 is 2.59 bits per heavy atom. The Hall–Kier alpha value is -4.24. The Balaban J connectivity index is 1.53. The molecule has 0 spiro atoms. The van der Waals surface area contributed by atoms with Crippen molar-refractivity contribution in [3.05, 3.63) is 103 Å². The van der Waals surface area contributed by atoms with Crippen LogP contribution in [0.25, 0.3) is 22.2 Å². The number of pyridine rings is 2. The van der Waals surface area contributed by atoms with E-state index in [2.05, 4.69) is 15.2 Å². The molecule has 0 aliphatic carbocycles. The molecule has 0 bridgehead atoms. The van der Waals surface area contributed by atoms with Gasteiger partial charge >= 0.3 is 5.69 Å². The van der Waals surface area contributed by atoms with E-state index in [4.69, 9.17) is 21.3 Å². The zero-order valence-corrected chi connectivity index (χ0v) is 21.6.